The van der Waals surface area contributed by atoms with Crippen molar-refractivity contribution in [1.82, 2.24) is 4.98 Å². The monoisotopic (exact) mass is 220 g/mol. The minimum absolute atomic E-state index is 0.291. The van der Waals surface area contributed by atoms with Gasteiger partial charge in [0, 0.05) is 12.6 Å². The fourth-order valence-corrected chi connectivity index (χ4v) is 2.79. The number of hydrogen-bond donors (Lipinski definition) is 1. The number of pyridine rings is 1. The molecule has 0 atom stereocenters. The lowest BCUT2D eigenvalue weighted by atomic mass is 10.1. The van der Waals surface area contributed by atoms with E-state index in [1.54, 1.807) is 11.3 Å². The van der Waals surface area contributed by atoms with Crippen molar-refractivity contribution in [1.29, 1.82) is 0 Å². The zero-order valence-corrected chi connectivity index (χ0v) is 8.77. The molecule has 0 aromatic carbocycles. The number of fused-ring (bicyclic) bond motifs is 3. The molecular formula is C11H9FN2S. The zero-order valence-electron chi connectivity index (χ0n) is 7.96. The number of hydrogen-bond acceptors (Lipinski definition) is 3. The second-order valence-electron chi connectivity index (χ2n) is 3.50. The van der Waals surface area contributed by atoms with Gasteiger partial charge in [-0.3, -0.25) is 4.98 Å². The van der Waals surface area contributed by atoms with Gasteiger partial charge in [0.05, 0.1) is 16.8 Å². The number of halogens is 1. The molecule has 1 aliphatic heterocycles. The summed E-state index contributed by atoms with van der Waals surface area (Å²) in [7, 11) is 0. The number of rotatable bonds is 0. The van der Waals surface area contributed by atoms with Crippen LogP contribution < -0.4 is 5.32 Å². The molecule has 4 heteroatoms. The Kier molecular flexibility index (Phi) is 1.95. The third-order valence-electron chi connectivity index (χ3n) is 2.53. The van der Waals surface area contributed by atoms with Crippen LogP contribution in [0.3, 0.4) is 0 Å². The highest BCUT2D eigenvalue weighted by Crippen LogP contribution is 2.35. The van der Waals surface area contributed by atoms with E-state index in [0.717, 1.165) is 29.2 Å². The van der Waals surface area contributed by atoms with Gasteiger partial charge in [-0.05, 0) is 23.4 Å². The molecule has 1 aliphatic rings. The van der Waals surface area contributed by atoms with Crippen LogP contribution in [0.2, 0.25) is 0 Å². The highest BCUT2D eigenvalue weighted by molar-refractivity contribution is 7.13. The van der Waals surface area contributed by atoms with Crippen molar-refractivity contribution in [3.63, 3.8) is 0 Å². The highest BCUT2D eigenvalue weighted by atomic mass is 32.1. The topological polar surface area (TPSA) is 24.9 Å². The lowest BCUT2D eigenvalue weighted by Crippen LogP contribution is -2.02. The van der Waals surface area contributed by atoms with E-state index < -0.39 is 0 Å². The van der Waals surface area contributed by atoms with Gasteiger partial charge in [0.2, 0.25) is 0 Å². The van der Waals surface area contributed by atoms with Crippen molar-refractivity contribution in [2.45, 2.75) is 6.42 Å². The first-order valence-corrected chi connectivity index (χ1v) is 5.69. The second-order valence-corrected chi connectivity index (χ2v) is 4.42. The van der Waals surface area contributed by atoms with Gasteiger partial charge < -0.3 is 5.32 Å². The Morgan fingerprint density at radius 3 is 3.33 bits per heavy atom. The number of aromatic nitrogens is 1. The summed E-state index contributed by atoms with van der Waals surface area (Å²) in [5, 5.41) is 5.26. The Morgan fingerprint density at radius 1 is 1.47 bits per heavy atom. The molecule has 2 aromatic heterocycles. The van der Waals surface area contributed by atoms with Crippen molar-refractivity contribution in [3.05, 3.63) is 35.1 Å². The maximum Gasteiger partial charge on any atom is 0.143 e. The molecule has 0 aliphatic carbocycles. The van der Waals surface area contributed by atoms with E-state index in [1.165, 1.54) is 17.8 Å². The Hall–Kier alpha value is -1.42. The van der Waals surface area contributed by atoms with E-state index in [0.29, 0.717) is 0 Å². The van der Waals surface area contributed by atoms with E-state index in [9.17, 15) is 4.39 Å². The van der Waals surface area contributed by atoms with Gasteiger partial charge in [0.25, 0.3) is 0 Å². The Balaban J connectivity index is 2.25. The van der Waals surface area contributed by atoms with Crippen molar-refractivity contribution in [2.75, 3.05) is 11.9 Å². The summed E-state index contributed by atoms with van der Waals surface area (Å²) in [4.78, 5) is 5.33. The van der Waals surface area contributed by atoms with Crippen molar-refractivity contribution >= 4 is 17.0 Å². The first kappa shape index (κ1) is 8.85. The minimum atomic E-state index is -0.291. The standard InChI is InChI=1S/C11H9FN2S/c12-8-5-9-10(14-6-8)11-7(1-3-13-9)2-4-15-11/h2,4-6,13H,1,3H2. The fourth-order valence-electron chi connectivity index (χ4n) is 1.83. The average Bonchev–Trinajstić information content (AvgIpc) is 2.61. The highest BCUT2D eigenvalue weighted by Gasteiger charge is 2.16. The fraction of sp³-hybridized carbons (Fsp3) is 0.182. The number of nitrogens with zero attached hydrogens (tertiary/aromatic N) is 1. The smallest absolute Gasteiger partial charge is 0.143 e. The summed E-state index contributed by atoms with van der Waals surface area (Å²) >= 11 is 1.66. The van der Waals surface area contributed by atoms with Gasteiger partial charge >= 0.3 is 0 Å². The molecule has 0 amide bonds. The number of anilines is 1. The van der Waals surface area contributed by atoms with Gasteiger partial charge in [-0.25, -0.2) is 4.39 Å². The predicted octanol–water partition coefficient (Wildman–Crippen LogP) is 2.92. The molecule has 0 unspecified atom stereocenters. The van der Waals surface area contributed by atoms with Crippen molar-refractivity contribution < 1.29 is 4.39 Å². The maximum atomic E-state index is 13.0. The van der Waals surface area contributed by atoms with Gasteiger partial charge in [-0.2, -0.15) is 0 Å². The van der Waals surface area contributed by atoms with Crippen molar-refractivity contribution in [3.8, 4) is 10.6 Å². The van der Waals surface area contributed by atoms with Crippen LogP contribution in [-0.2, 0) is 6.42 Å². The number of nitrogens with one attached hydrogen (secondary N) is 1. The molecule has 1 N–H and O–H groups in total. The zero-order chi connectivity index (χ0) is 10.3. The normalized spacial score (nSPS) is 13.7. The average molecular weight is 220 g/mol. The molecule has 0 spiro atoms. The Labute approximate surface area is 90.8 Å². The molecule has 2 aromatic rings. The van der Waals surface area contributed by atoms with Crippen LogP contribution in [0.1, 0.15) is 5.56 Å². The van der Waals surface area contributed by atoms with E-state index >= 15 is 0 Å². The summed E-state index contributed by atoms with van der Waals surface area (Å²) in [6, 6.07) is 3.62. The molecule has 2 nitrogen and oxygen atoms in total. The van der Waals surface area contributed by atoms with Gasteiger partial charge in [-0.15, -0.1) is 11.3 Å². The first-order chi connectivity index (χ1) is 7.34. The van der Waals surface area contributed by atoms with Gasteiger partial charge in [0.1, 0.15) is 11.5 Å². The van der Waals surface area contributed by atoms with Gasteiger partial charge in [0.15, 0.2) is 0 Å². The Morgan fingerprint density at radius 2 is 2.40 bits per heavy atom. The molecule has 15 heavy (non-hydrogen) atoms. The van der Waals surface area contributed by atoms with Gasteiger partial charge in [-0.1, -0.05) is 0 Å². The minimum Gasteiger partial charge on any atom is -0.383 e. The quantitative estimate of drug-likeness (QED) is 0.738. The SMILES string of the molecule is Fc1cnc2c(c1)NCCc1ccsc1-2. The summed E-state index contributed by atoms with van der Waals surface area (Å²) in [6.45, 7) is 0.835. The molecule has 3 heterocycles. The third kappa shape index (κ3) is 1.41. The largest absolute Gasteiger partial charge is 0.383 e. The summed E-state index contributed by atoms with van der Waals surface area (Å²) in [5.41, 5.74) is 2.97. The van der Waals surface area contributed by atoms with Crippen LogP contribution in [0.4, 0.5) is 10.1 Å². The van der Waals surface area contributed by atoms with E-state index in [4.69, 9.17) is 0 Å². The van der Waals surface area contributed by atoms with Crippen LogP contribution >= 0.6 is 11.3 Å². The van der Waals surface area contributed by atoms with Crippen molar-refractivity contribution in [2.24, 2.45) is 0 Å². The molecule has 76 valence electrons. The summed E-state index contributed by atoms with van der Waals surface area (Å²) < 4.78 is 13.0. The lowest BCUT2D eigenvalue weighted by molar-refractivity contribution is 0.622. The van der Waals surface area contributed by atoms with Crippen LogP contribution in [0.25, 0.3) is 10.6 Å². The molecule has 0 saturated heterocycles. The molecule has 3 rings (SSSR count). The molecule has 0 fully saturated rings. The maximum absolute atomic E-state index is 13.0. The molecular weight excluding hydrogens is 211 g/mol. The second kappa shape index (κ2) is 3.31. The van der Waals surface area contributed by atoms with Crippen LogP contribution in [0, 0.1) is 5.82 Å². The Bertz CT molecular complexity index is 507. The third-order valence-corrected chi connectivity index (χ3v) is 3.49. The molecule has 0 radical (unpaired) electrons. The molecule has 0 bridgehead atoms. The van der Waals surface area contributed by atoms with Crippen LogP contribution in [-0.4, -0.2) is 11.5 Å². The van der Waals surface area contributed by atoms with Crippen LogP contribution in [0.15, 0.2) is 23.7 Å². The van der Waals surface area contributed by atoms with E-state index in [-0.39, 0.29) is 5.82 Å². The first-order valence-electron chi connectivity index (χ1n) is 4.81. The van der Waals surface area contributed by atoms with Crippen LogP contribution in [0.5, 0.6) is 0 Å². The van der Waals surface area contributed by atoms with E-state index in [2.05, 4.69) is 21.7 Å². The summed E-state index contributed by atoms with van der Waals surface area (Å²) in [5.74, 6) is -0.291. The summed E-state index contributed by atoms with van der Waals surface area (Å²) in [6.07, 6.45) is 2.24. The predicted molar refractivity (Wildman–Crippen MR) is 59.7 cm³/mol. The number of thiophene rings is 1. The molecule has 0 saturated carbocycles. The lowest BCUT2D eigenvalue weighted by Gasteiger charge is -2.05. The van der Waals surface area contributed by atoms with E-state index in [1.807, 2.05) is 0 Å².